The van der Waals surface area contributed by atoms with Gasteiger partial charge in [-0.3, -0.25) is 9.48 Å². The second-order valence-corrected chi connectivity index (χ2v) is 4.99. The highest BCUT2D eigenvalue weighted by Gasteiger charge is 2.44. The Hall–Kier alpha value is -1.36. The average Bonchev–Trinajstić information content (AvgIpc) is 2.62. The number of nitrogens with zero attached hydrogens (tertiary/aromatic N) is 2. The largest absolute Gasteiger partial charge is 0.481 e. The zero-order chi connectivity index (χ0) is 12.6. The van der Waals surface area contributed by atoms with Crippen molar-refractivity contribution in [3.05, 3.63) is 17.5 Å². The quantitative estimate of drug-likeness (QED) is 0.802. The van der Waals surface area contributed by atoms with Crippen LogP contribution in [0.1, 0.15) is 36.9 Å². The summed E-state index contributed by atoms with van der Waals surface area (Å²) in [5, 5.41) is 13.7. The van der Waals surface area contributed by atoms with E-state index in [2.05, 4.69) is 5.10 Å². The number of rotatable bonds is 2. The molecule has 1 fully saturated rings. The topological polar surface area (TPSA) is 81.1 Å². The maximum absolute atomic E-state index is 11.7. The van der Waals surface area contributed by atoms with E-state index < -0.39 is 11.4 Å². The zero-order valence-corrected chi connectivity index (χ0v) is 10.3. The molecule has 1 aliphatic rings. The molecule has 0 amide bonds. The van der Waals surface area contributed by atoms with E-state index in [9.17, 15) is 9.90 Å². The predicted octanol–water partition coefficient (Wildman–Crippen LogP) is 0.952. The minimum atomic E-state index is -0.784. The maximum Gasteiger partial charge on any atom is 0.314 e. The molecule has 0 atom stereocenters. The van der Waals surface area contributed by atoms with Crippen LogP contribution in [0.2, 0.25) is 0 Å². The minimum absolute atomic E-state index is 0.138. The molecule has 0 radical (unpaired) electrons. The monoisotopic (exact) mass is 237 g/mol. The summed E-state index contributed by atoms with van der Waals surface area (Å²) in [5.41, 5.74) is 6.86. The summed E-state index contributed by atoms with van der Waals surface area (Å²) in [6.07, 6.45) is 4.44. The molecule has 94 valence electrons. The lowest BCUT2D eigenvalue weighted by Crippen LogP contribution is -2.43. The first-order valence-electron chi connectivity index (χ1n) is 5.95. The van der Waals surface area contributed by atoms with Gasteiger partial charge in [0.1, 0.15) is 0 Å². The number of nitrogens with two attached hydrogens (primary N) is 1. The normalized spacial score (nSPS) is 29.2. The van der Waals surface area contributed by atoms with Gasteiger partial charge in [-0.1, -0.05) is 0 Å². The molecule has 17 heavy (non-hydrogen) atoms. The Morgan fingerprint density at radius 1 is 1.59 bits per heavy atom. The summed E-state index contributed by atoms with van der Waals surface area (Å²) in [6.45, 7) is 1.92. The van der Waals surface area contributed by atoms with Gasteiger partial charge < -0.3 is 10.8 Å². The fraction of sp³-hybridized carbons (Fsp3) is 0.667. The first-order valence-corrected chi connectivity index (χ1v) is 5.95. The first-order chi connectivity index (χ1) is 7.97. The molecule has 3 N–H and O–H groups in total. The molecule has 0 unspecified atom stereocenters. The maximum atomic E-state index is 11.7. The molecule has 1 saturated carbocycles. The van der Waals surface area contributed by atoms with Crippen LogP contribution in [-0.2, 0) is 17.3 Å². The van der Waals surface area contributed by atoms with E-state index >= 15 is 0 Å². The average molecular weight is 237 g/mol. The predicted molar refractivity (Wildman–Crippen MR) is 63.7 cm³/mol. The van der Waals surface area contributed by atoms with E-state index in [1.54, 1.807) is 10.9 Å². The van der Waals surface area contributed by atoms with Crippen molar-refractivity contribution < 1.29 is 9.90 Å². The number of carboxylic acids is 1. The molecule has 0 aliphatic heterocycles. The third-order valence-electron chi connectivity index (χ3n) is 4.04. The lowest BCUT2D eigenvalue weighted by Gasteiger charge is -2.35. The summed E-state index contributed by atoms with van der Waals surface area (Å²) in [6, 6.07) is 0.138. The molecule has 5 heteroatoms. The zero-order valence-electron chi connectivity index (χ0n) is 10.3. The summed E-state index contributed by atoms with van der Waals surface area (Å²) in [5.74, 6) is -0.750. The van der Waals surface area contributed by atoms with Crippen LogP contribution >= 0.6 is 0 Å². The van der Waals surface area contributed by atoms with E-state index in [-0.39, 0.29) is 6.04 Å². The van der Waals surface area contributed by atoms with Crippen LogP contribution in [0.3, 0.4) is 0 Å². The van der Waals surface area contributed by atoms with Gasteiger partial charge in [0.05, 0.1) is 11.6 Å². The Kier molecular flexibility index (Phi) is 2.95. The number of aryl methyl sites for hydroxylation is 1. The van der Waals surface area contributed by atoms with Crippen molar-refractivity contribution in [2.75, 3.05) is 0 Å². The van der Waals surface area contributed by atoms with E-state index in [1.165, 1.54) is 0 Å². The number of carboxylic acid groups (broad SMARTS) is 1. The van der Waals surface area contributed by atoms with Gasteiger partial charge >= 0.3 is 5.97 Å². The highest BCUT2D eigenvalue weighted by atomic mass is 16.4. The Morgan fingerprint density at radius 2 is 2.18 bits per heavy atom. The van der Waals surface area contributed by atoms with E-state index in [0.717, 1.165) is 24.1 Å². The van der Waals surface area contributed by atoms with Gasteiger partial charge in [0.25, 0.3) is 0 Å². The molecule has 5 nitrogen and oxygen atoms in total. The van der Waals surface area contributed by atoms with Crippen LogP contribution in [0.25, 0.3) is 0 Å². The third kappa shape index (κ3) is 1.84. The van der Waals surface area contributed by atoms with Crippen LogP contribution in [0.4, 0.5) is 0 Å². The summed E-state index contributed by atoms with van der Waals surface area (Å²) in [7, 11) is 1.84. The second-order valence-electron chi connectivity index (χ2n) is 4.99. The van der Waals surface area contributed by atoms with Crippen molar-refractivity contribution in [1.29, 1.82) is 0 Å². The summed E-state index contributed by atoms with van der Waals surface area (Å²) >= 11 is 0. The molecular weight excluding hydrogens is 218 g/mol. The standard InChI is InChI=1S/C12H19N3O2/c1-8-10(7-14-15(8)2)12(11(16)17)5-3-9(13)4-6-12/h7,9H,3-6,13H2,1-2H3,(H,16,17). The smallest absolute Gasteiger partial charge is 0.314 e. The lowest BCUT2D eigenvalue weighted by molar-refractivity contribution is -0.145. The third-order valence-corrected chi connectivity index (χ3v) is 4.04. The number of carbonyl (C=O) groups is 1. The van der Waals surface area contributed by atoms with Crippen molar-refractivity contribution in [2.45, 2.75) is 44.1 Å². The van der Waals surface area contributed by atoms with E-state index in [4.69, 9.17) is 5.73 Å². The van der Waals surface area contributed by atoms with Crippen molar-refractivity contribution in [3.63, 3.8) is 0 Å². The van der Waals surface area contributed by atoms with Crippen LogP contribution in [0.5, 0.6) is 0 Å². The van der Waals surface area contributed by atoms with Gasteiger partial charge in [-0.2, -0.15) is 5.10 Å². The molecular formula is C12H19N3O2. The molecule has 1 aromatic heterocycles. The summed E-state index contributed by atoms with van der Waals surface area (Å²) in [4.78, 5) is 11.7. The van der Waals surface area contributed by atoms with Gasteiger partial charge in [0.15, 0.2) is 0 Å². The van der Waals surface area contributed by atoms with Crippen molar-refractivity contribution >= 4 is 5.97 Å². The molecule has 0 aromatic carbocycles. The van der Waals surface area contributed by atoms with Gasteiger partial charge in [-0.25, -0.2) is 0 Å². The number of hydrogen-bond acceptors (Lipinski definition) is 3. The van der Waals surface area contributed by atoms with Gasteiger partial charge in [-0.15, -0.1) is 0 Å². The van der Waals surface area contributed by atoms with Crippen LogP contribution in [-0.4, -0.2) is 26.9 Å². The van der Waals surface area contributed by atoms with Gasteiger partial charge in [-0.05, 0) is 32.6 Å². The van der Waals surface area contributed by atoms with E-state index in [1.807, 2.05) is 14.0 Å². The Labute approximate surface area is 101 Å². The van der Waals surface area contributed by atoms with Gasteiger partial charge in [0, 0.05) is 24.3 Å². The molecule has 1 aliphatic carbocycles. The van der Waals surface area contributed by atoms with Gasteiger partial charge in [0.2, 0.25) is 0 Å². The molecule has 0 bridgehead atoms. The van der Waals surface area contributed by atoms with Crippen molar-refractivity contribution in [1.82, 2.24) is 9.78 Å². The molecule has 0 spiro atoms. The van der Waals surface area contributed by atoms with Crippen molar-refractivity contribution in [2.24, 2.45) is 12.8 Å². The molecule has 1 aromatic rings. The Morgan fingerprint density at radius 3 is 2.59 bits per heavy atom. The number of aliphatic carboxylic acids is 1. The highest BCUT2D eigenvalue weighted by Crippen LogP contribution is 2.40. The fourth-order valence-corrected chi connectivity index (χ4v) is 2.70. The van der Waals surface area contributed by atoms with E-state index in [0.29, 0.717) is 12.8 Å². The molecule has 2 rings (SSSR count). The first kappa shape index (κ1) is 12.1. The Balaban J connectivity index is 2.42. The van der Waals surface area contributed by atoms with Crippen molar-refractivity contribution in [3.8, 4) is 0 Å². The number of aromatic nitrogens is 2. The second kappa shape index (κ2) is 4.14. The number of hydrogen-bond donors (Lipinski definition) is 2. The molecule has 0 saturated heterocycles. The minimum Gasteiger partial charge on any atom is -0.481 e. The fourth-order valence-electron chi connectivity index (χ4n) is 2.70. The summed E-state index contributed by atoms with van der Waals surface area (Å²) < 4.78 is 1.73. The van der Waals surface area contributed by atoms with Crippen LogP contribution in [0.15, 0.2) is 6.20 Å². The van der Waals surface area contributed by atoms with Crippen LogP contribution < -0.4 is 5.73 Å². The Bertz CT molecular complexity index is 431. The molecule has 1 heterocycles. The SMILES string of the molecule is Cc1c(C2(C(=O)O)CCC(N)CC2)cnn1C. The highest BCUT2D eigenvalue weighted by molar-refractivity contribution is 5.81. The lowest BCUT2D eigenvalue weighted by atomic mass is 9.68. The van der Waals surface area contributed by atoms with Crippen LogP contribution in [0, 0.1) is 6.92 Å².